The topological polar surface area (TPSA) is 62.6 Å². The normalized spacial score (nSPS) is 16.6. The van der Waals surface area contributed by atoms with Crippen molar-refractivity contribution < 1.29 is 14.0 Å². The second kappa shape index (κ2) is 7.35. The first-order valence-electron chi connectivity index (χ1n) is 9.37. The SMILES string of the molecule is CC(=O)N1C=Cc2ccccc2[C@@H]1CC(=O)N[C@@H](C)c1cc2ccccc2o1. The van der Waals surface area contributed by atoms with Gasteiger partial charge < -0.3 is 14.6 Å². The van der Waals surface area contributed by atoms with E-state index in [1.165, 1.54) is 6.92 Å². The highest BCUT2D eigenvalue weighted by atomic mass is 16.3. The van der Waals surface area contributed by atoms with Crippen LogP contribution in [0.4, 0.5) is 0 Å². The van der Waals surface area contributed by atoms with E-state index < -0.39 is 0 Å². The van der Waals surface area contributed by atoms with Gasteiger partial charge in [-0.25, -0.2) is 0 Å². The summed E-state index contributed by atoms with van der Waals surface area (Å²) in [5.74, 6) is 0.491. The van der Waals surface area contributed by atoms with Crippen molar-refractivity contribution in [1.29, 1.82) is 0 Å². The Kier molecular flexibility index (Phi) is 4.74. The lowest BCUT2D eigenvalue weighted by atomic mass is 9.93. The highest BCUT2D eigenvalue weighted by molar-refractivity contribution is 5.82. The molecule has 5 heteroatoms. The molecule has 2 amide bonds. The Balaban J connectivity index is 1.51. The average Bonchev–Trinajstić information content (AvgIpc) is 3.12. The summed E-state index contributed by atoms with van der Waals surface area (Å²) in [5, 5.41) is 4.01. The number of nitrogens with one attached hydrogen (secondary N) is 1. The van der Waals surface area contributed by atoms with E-state index in [9.17, 15) is 9.59 Å². The van der Waals surface area contributed by atoms with Crippen LogP contribution in [0.3, 0.4) is 0 Å². The van der Waals surface area contributed by atoms with Crippen molar-refractivity contribution in [2.45, 2.75) is 32.4 Å². The van der Waals surface area contributed by atoms with Crippen molar-refractivity contribution in [2.75, 3.05) is 0 Å². The molecule has 142 valence electrons. The van der Waals surface area contributed by atoms with Crippen molar-refractivity contribution in [1.82, 2.24) is 10.2 Å². The molecule has 0 spiro atoms. The van der Waals surface area contributed by atoms with E-state index in [1.54, 1.807) is 11.1 Å². The summed E-state index contributed by atoms with van der Waals surface area (Å²) in [5.41, 5.74) is 2.81. The van der Waals surface area contributed by atoms with E-state index >= 15 is 0 Å². The summed E-state index contributed by atoms with van der Waals surface area (Å²) in [6.45, 7) is 3.41. The number of rotatable bonds is 4. The Morgan fingerprint density at radius 3 is 2.68 bits per heavy atom. The zero-order valence-corrected chi connectivity index (χ0v) is 15.9. The highest BCUT2D eigenvalue weighted by Gasteiger charge is 2.28. The van der Waals surface area contributed by atoms with Crippen LogP contribution in [0, 0.1) is 0 Å². The lowest BCUT2D eigenvalue weighted by molar-refractivity contribution is -0.130. The lowest BCUT2D eigenvalue weighted by Gasteiger charge is -2.32. The number of benzene rings is 2. The Bertz CT molecular complexity index is 1030. The highest BCUT2D eigenvalue weighted by Crippen LogP contribution is 2.33. The Hall–Kier alpha value is -3.34. The van der Waals surface area contributed by atoms with Crippen LogP contribution >= 0.6 is 0 Å². The molecule has 0 bridgehead atoms. The molecule has 0 saturated carbocycles. The van der Waals surface area contributed by atoms with Gasteiger partial charge in [-0.05, 0) is 36.3 Å². The zero-order chi connectivity index (χ0) is 19.7. The largest absolute Gasteiger partial charge is 0.459 e. The van der Waals surface area contributed by atoms with E-state index in [0.717, 1.165) is 22.1 Å². The van der Waals surface area contributed by atoms with Crippen molar-refractivity contribution in [3.05, 3.63) is 77.7 Å². The van der Waals surface area contributed by atoms with Gasteiger partial charge in [-0.3, -0.25) is 9.59 Å². The molecule has 5 nitrogen and oxygen atoms in total. The number of hydrogen-bond donors (Lipinski definition) is 1. The number of carbonyl (C=O) groups is 2. The molecule has 1 aliphatic rings. The fourth-order valence-electron chi connectivity index (χ4n) is 3.68. The predicted octanol–water partition coefficient (Wildman–Crippen LogP) is 4.57. The number of furan rings is 1. The van der Waals surface area contributed by atoms with Crippen LogP contribution in [0.1, 0.15) is 49.2 Å². The molecule has 1 N–H and O–H groups in total. The lowest BCUT2D eigenvalue weighted by Crippen LogP contribution is -2.35. The molecule has 2 heterocycles. The maximum Gasteiger partial charge on any atom is 0.223 e. The van der Waals surface area contributed by atoms with Gasteiger partial charge in [0.15, 0.2) is 0 Å². The fraction of sp³-hybridized carbons (Fsp3) is 0.217. The van der Waals surface area contributed by atoms with Gasteiger partial charge in [0, 0.05) is 18.5 Å². The first-order valence-corrected chi connectivity index (χ1v) is 9.37. The maximum atomic E-state index is 12.8. The molecule has 0 aliphatic carbocycles. The second-order valence-corrected chi connectivity index (χ2v) is 7.07. The summed E-state index contributed by atoms with van der Waals surface area (Å²) >= 11 is 0. The van der Waals surface area contributed by atoms with Crippen LogP contribution in [0.2, 0.25) is 0 Å². The van der Waals surface area contributed by atoms with Crippen LogP contribution in [0.15, 0.2) is 65.2 Å². The molecule has 0 radical (unpaired) electrons. The van der Waals surface area contributed by atoms with Crippen LogP contribution in [0.5, 0.6) is 0 Å². The number of carbonyl (C=O) groups excluding carboxylic acids is 2. The summed E-state index contributed by atoms with van der Waals surface area (Å²) in [6.07, 6.45) is 3.85. The van der Waals surface area contributed by atoms with Gasteiger partial charge in [-0.1, -0.05) is 42.5 Å². The molecular formula is C23H22N2O3. The van der Waals surface area contributed by atoms with E-state index in [2.05, 4.69) is 5.32 Å². The van der Waals surface area contributed by atoms with Crippen LogP contribution in [0.25, 0.3) is 17.0 Å². The Morgan fingerprint density at radius 1 is 1.14 bits per heavy atom. The summed E-state index contributed by atoms with van der Waals surface area (Å²) in [4.78, 5) is 26.5. The minimum atomic E-state index is -0.318. The Morgan fingerprint density at radius 2 is 1.89 bits per heavy atom. The summed E-state index contributed by atoms with van der Waals surface area (Å²) < 4.78 is 5.85. The fourth-order valence-corrected chi connectivity index (χ4v) is 3.68. The third-order valence-corrected chi connectivity index (χ3v) is 5.10. The number of para-hydroxylation sites is 1. The molecule has 3 aromatic rings. The third kappa shape index (κ3) is 3.43. The monoisotopic (exact) mass is 374 g/mol. The molecular weight excluding hydrogens is 352 g/mol. The first kappa shape index (κ1) is 18.0. The number of fused-ring (bicyclic) bond motifs is 2. The van der Waals surface area contributed by atoms with Gasteiger partial charge in [-0.15, -0.1) is 0 Å². The number of amides is 2. The Labute approximate surface area is 163 Å². The smallest absolute Gasteiger partial charge is 0.223 e. The molecule has 1 aliphatic heterocycles. The van der Waals surface area contributed by atoms with E-state index in [-0.39, 0.29) is 30.3 Å². The van der Waals surface area contributed by atoms with E-state index in [0.29, 0.717) is 5.76 Å². The van der Waals surface area contributed by atoms with Crippen molar-refractivity contribution in [3.8, 4) is 0 Å². The molecule has 2 aromatic carbocycles. The standard InChI is InChI=1S/C23H22N2O3/c1-15(22-13-18-8-4-6-10-21(18)28-22)24-23(27)14-20-19-9-5-3-7-17(19)11-12-25(20)16(2)26/h3-13,15,20H,14H2,1-2H3,(H,24,27)/t15-,20-/m0/s1. The van der Waals surface area contributed by atoms with Crippen LogP contribution in [-0.2, 0) is 9.59 Å². The van der Waals surface area contributed by atoms with Crippen LogP contribution in [-0.4, -0.2) is 16.7 Å². The second-order valence-electron chi connectivity index (χ2n) is 7.07. The minimum Gasteiger partial charge on any atom is -0.459 e. The van der Waals surface area contributed by atoms with Crippen molar-refractivity contribution >= 4 is 28.9 Å². The minimum absolute atomic E-state index is 0.0890. The maximum absolute atomic E-state index is 12.8. The van der Waals surface area contributed by atoms with Gasteiger partial charge in [0.2, 0.25) is 11.8 Å². The van der Waals surface area contributed by atoms with Crippen LogP contribution < -0.4 is 5.32 Å². The summed E-state index contributed by atoms with van der Waals surface area (Å²) in [7, 11) is 0. The zero-order valence-electron chi connectivity index (χ0n) is 15.9. The first-order chi connectivity index (χ1) is 13.5. The van der Waals surface area contributed by atoms with Gasteiger partial charge in [-0.2, -0.15) is 0 Å². The molecule has 0 fully saturated rings. The van der Waals surface area contributed by atoms with Gasteiger partial charge in [0.1, 0.15) is 11.3 Å². The van der Waals surface area contributed by atoms with Crippen molar-refractivity contribution in [3.63, 3.8) is 0 Å². The molecule has 1 aromatic heterocycles. The molecule has 4 rings (SSSR count). The number of hydrogen-bond acceptors (Lipinski definition) is 3. The molecule has 0 unspecified atom stereocenters. The van der Waals surface area contributed by atoms with Gasteiger partial charge >= 0.3 is 0 Å². The third-order valence-electron chi connectivity index (χ3n) is 5.10. The molecule has 2 atom stereocenters. The quantitative estimate of drug-likeness (QED) is 0.727. The van der Waals surface area contributed by atoms with Gasteiger partial charge in [0.25, 0.3) is 0 Å². The molecule has 28 heavy (non-hydrogen) atoms. The van der Waals surface area contributed by atoms with Gasteiger partial charge in [0.05, 0.1) is 18.5 Å². The average molecular weight is 374 g/mol. The van der Waals surface area contributed by atoms with E-state index in [4.69, 9.17) is 4.42 Å². The number of nitrogens with zero attached hydrogens (tertiary/aromatic N) is 1. The summed E-state index contributed by atoms with van der Waals surface area (Å²) in [6, 6.07) is 17.0. The van der Waals surface area contributed by atoms with Crippen molar-refractivity contribution in [2.24, 2.45) is 0 Å². The van der Waals surface area contributed by atoms with E-state index in [1.807, 2.05) is 67.6 Å². The predicted molar refractivity (Wildman–Crippen MR) is 108 cm³/mol. The molecule has 0 saturated heterocycles.